The van der Waals surface area contributed by atoms with Gasteiger partial charge in [-0.1, -0.05) is 0 Å². The zero-order chi connectivity index (χ0) is 7.40. The summed E-state index contributed by atoms with van der Waals surface area (Å²) in [6.45, 7) is 0. The lowest BCUT2D eigenvalue weighted by Gasteiger charge is -2.13. The highest BCUT2D eigenvalue weighted by molar-refractivity contribution is 7.99. The smallest absolute Gasteiger partial charge is 0.149 e. The quantitative estimate of drug-likeness (QED) is 0.575. The van der Waals surface area contributed by atoms with Crippen LogP contribution in [-0.2, 0) is 9.53 Å². The van der Waals surface area contributed by atoms with Gasteiger partial charge in [-0.25, -0.2) is 0 Å². The first kappa shape index (κ1) is 8.08. The molecular weight excluding hydrogens is 148 g/mol. The minimum absolute atomic E-state index is 0.157. The van der Waals surface area contributed by atoms with Crippen LogP contribution in [0.25, 0.3) is 0 Å². The highest BCUT2D eigenvalue weighted by Crippen LogP contribution is 2.26. The van der Waals surface area contributed by atoms with Crippen LogP contribution in [0.4, 0.5) is 0 Å². The number of hydrogen-bond donors (Lipinski definition) is 0. The molecule has 0 bridgehead atoms. The van der Waals surface area contributed by atoms with Crippen LogP contribution >= 0.6 is 11.8 Å². The maximum Gasteiger partial charge on any atom is 0.149 e. The summed E-state index contributed by atoms with van der Waals surface area (Å²) in [5, 5.41) is 0. The molecule has 0 N–H and O–H groups in total. The van der Waals surface area contributed by atoms with E-state index in [9.17, 15) is 4.79 Å². The van der Waals surface area contributed by atoms with Crippen LogP contribution in [0.2, 0.25) is 0 Å². The Labute approximate surface area is 65.3 Å². The van der Waals surface area contributed by atoms with Crippen molar-refractivity contribution in [2.24, 2.45) is 5.92 Å². The minimum atomic E-state index is -0.157. The highest BCUT2D eigenvalue weighted by atomic mass is 32.2. The molecule has 58 valence electrons. The van der Waals surface area contributed by atoms with Gasteiger partial charge in [-0.3, -0.25) is 0 Å². The van der Waals surface area contributed by atoms with Crippen LogP contribution in [0.1, 0.15) is 6.42 Å². The molecular formula is C7H12O2S. The summed E-state index contributed by atoms with van der Waals surface area (Å²) in [7, 11) is 1.60. The molecule has 10 heavy (non-hydrogen) atoms. The van der Waals surface area contributed by atoms with Crippen molar-refractivity contribution in [3.05, 3.63) is 0 Å². The third-order valence-corrected chi connectivity index (χ3v) is 3.02. The first-order valence-corrected chi connectivity index (χ1v) is 4.59. The summed E-state index contributed by atoms with van der Waals surface area (Å²) < 4.78 is 5.00. The summed E-state index contributed by atoms with van der Waals surface area (Å²) in [6, 6.07) is 0. The molecule has 0 aliphatic carbocycles. The Morgan fingerprint density at radius 1 is 1.80 bits per heavy atom. The molecule has 0 aromatic rings. The van der Waals surface area contributed by atoms with Crippen LogP contribution in [-0.4, -0.2) is 31.0 Å². The predicted octanol–water partition coefficient (Wildman–Crippen LogP) is 0.953. The third-order valence-electron chi connectivity index (χ3n) is 1.84. The van der Waals surface area contributed by atoms with E-state index in [0.717, 1.165) is 18.5 Å². The fourth-order valence-electron chi connectivity index (χ4n) is 1.17. The molecule has 2 atom stereocenters. The lowest BCUT2D eigenvalue weighted by molar-refractivity contribution is -0.118. The molecule has 0 aromatic carbocycles. The van der Waals surface area contributed by atoms with Gasteiger partial charge in [0.05, 0.1) is 0 Å². The van der Waals surface area contributed by atoms with E-state index in [1.807, 2.05) is 11.8 Å². The summed E-state index contributed by atoms with van der Waals surface area (Å²) in [6.07, 6.45) is 1.88. The second-order valence-electron chi connectivity index (χ2n) is 2.46. The summed E-state index contributed by atoms with van der Waals surface area (Å²) in [5.74, 6) is 2.72. The first-order valence-electron chi connectivity index (χ1n) is 3.44. The fraction of sp³-hybridized carbons (Fsp3) is 0.857. The van der Waals surface area contributed by atoms with Crippen molar-refractivity contribution >= 4 is 18.0 Å². The summed E-state index contributed by atoms with van der Waals surface area (Å²) in [5.41, 5.74) is 0. The molecule has 1 saturated heterocycles. The van der Waals surface area contributed by atoms with Crippen molar-refractivity contribution in [1.29, 1.82) is 0 Å². The largest absolute Gasteiger partial charge is 0.374 e. The van der Waals surface area contributed by atoms with E-state index in [1.54, 1.807) is 7.11 Å². The molecule has 1 fully saturated rings. The van der Waals surface area contributed by atoms with E-state index < -0.39 is 0 Å². The molecule has 1 aliphatic heterocycles. The first-order chi connectivity index (χ1) is 4.88. The molecule has 1 heterocycles. The Morgan fingerprint density at radius 2 is 2.60 bits per heavy atom. The Balaban J connectivity index is 2.36. The fourth-order valence-corrected chi connectivity index (χ4v) is 2.47. The van der Waals surface area contributed by atoms with Crippen molar-refractivity contribution < 1.29 is 9.53 Å². The van der Waals surface area contributed by atoms with Crippen LogP contribution in [0, 0.1) is 5.92 Å². The number of ether oxygens (including phenoxy) is 1. The number of carbonyl (C=O) groups excluding carboxylic acids is 1. The number of rotatable bonds is 3. The average Bonchev–Trinajstić information content (AvgIpc) is 2.43. The lowest BCUT2D eigenvalue weighted by atomic mass is 10.0. The molecule has 2 unspecified atom stereocenters. The van der Waals surface area contributed by atoms with E-state index in [0.29, 0.717) is 5.92 Å². The van der Waals surface area contributed by atoms with E-state index in [2.05, 4.69) is 0 Å². The van der Waals surface area contributed by atoms with Crippen LogP contribution in [0.3, 0.4) is 0 Å². The van der Waals surface area contributed by atoms with Crippen molar-refractivity contribution in [3.8, 4) is 0 Å². The Bertz CT molecular complexity index is 110. The third kappa shape index (κ3) is 1.73. The highest BCUT2D eigenvalue weighted by Gasteiger charge is 2.24. The van der Waals surface area contributed by atoms with Gasteiger partial charge in [0.2, 0.25) is 0 Å². The van der Waals surface area contributed by atoms with Gasteiger partial charge in [-0.05, 0) is 17.9 Å². The number of carbonyl (C=O) groups is 1. The van der Waals surface area contributed by atoms with E-state index in [4.69, 9.17) is 4.74 Å². The van der Waals surface area contributed by atoms with Crippen molar-refractivity contribution in [2.75, 3.05) is 18.6 Å². The summed E-state index contributed by atoms with van der Waals surface area (Å²) >= 11 is 1.90. The molecule has 3 heteroatoms. The van der Waals surface area contributed by atoms with Crippen LogP contribution < -0.4 is 0 Å². The van der Waals surface area contributed by atoms with Gasteiger partial charge < -0.3 is 9.53 Å². The maximum atomic E-state index is 10.4. The molecule has 0 saturated carbocycles. The molecule has 0 radical (unpaired) electrons. The van der Waals surface area contributed by atoms with Gasteiger partial charge in [0.15, 0.2) is 0 Å². The van der Waals surface area contributed by atoms with Crippen molar-refractivity contribution in [2.45, 2.75) is 12.5 Å². The Kier molecular flexibility index (Phi) is 3.22. The van der Waals surface area contributed by atoms with Crippen molar-refractivity contribution in [3.63, 3.8) is 0 Å². The van der Waals surface area contributed by atoms with Gasteiger partial charge in [0.25, 0.3) is 0 Å². The SMILES string of the molecule is COC(C=O)C1CCSC1. The average molecular weight is 160 g/mol. The Hall–Kier alpha value is -0.0200. The maximum absolute atomic E-state index is 10.4. The molecule has 0 amide bonds. The van der Waals surface area contributed by atoms with Gasteiger partial charge in [0.1, 0.15) is 12.4 Å². The standard InChI is InChI=1S/C7H12O2S/c1-9-7(4-8)6-2-3-10-5-6/h4,6-7H,2-3,5H2,1H3. The van der Waals surface area contributed by atoms with Gasteiger partial charge in [-0.15, -0.1) is 0 Å². The number of aldehydes is 1. The number of hydrogen-bond acceptors (Lipinski definition) is 3. The van der Waals surface area contributed by atoms with Crippen molar-refractivity contribution in [1.82, 2.24) is 0 Å². The van der Waals surface area contributed by atoms with E-state index >= 15 is 0 Å². The molecule has 0 aromatic heterocycles. The van der Waals surface area contributed by atoms with E-state index in [-0.39, 0.29) is 6.10 Å². The van der Waals surface area contributed by atoms with Crippen LogP contribution in [0.15, 0.2) is 0 Å². The zero-order valence-corrected chi connectivity index (χ0v) is 6.89. The van der Waals surface area contributed by atoms with Gasteiger partial charge >= 0.3 is 0 Å². The molecule has 2 nitrogen and oxygen atoms in total. The molecule has 0 spiro atoms. The number of thioether (sulfide) groups is 1. The molecule has 1 rings (SSSR count). The van der Waals surface area contributed by atoms with Gasteiger partial charge in [-0.2, -0.15) is 11.8 Å². The Morgan fingerprint density at radius 3 is 3.00 bits per heavy atom. The van der Waals surface area contributed by atoms with E-state index in [1.165, 1.54) is 5.75 Å². The van der Waals surface area contributed by atoms with Crippen LogP contribution in [0.5, 0.6) is 0 Å². The second kappa shape index (κ2) is 3.98. The second-order valence-corrected chi connectivity index (χ2v) is 3.61. The lowest BCUT2D eigenvalue weighted by Crippen LogP contribution is -2.23. The van der Waals surface area contributed by atoms with Gasteiger partial charge in [0, 0.05) is 13.0 Å². The molecule has 1 aliphatic rings. The summed E-state index contributed by atoms with van der Waals surface area (Å²) in [4.78, 5) is 10.4. The topological polar surface area (TPSA) is 26.3 Å². The normalized spacial score (nSPS) is 28.3. The number of methoxy groups -OCH3 is 1. The minimum Gasteiger partial charge on any atom is -0.374 e. The predicted molar refractivity (Wildman–Crippen MR) is 42.3 cm³/mol. The zero-order valence-electron chi connectivity index (χ0n) is 6.08. The monoisotopic (exact) mass is 160 g/mol.